The zero-order chi connectivity index (χ0) is 18.4. The highest BCUT2D eigenvalue weighted by Gasteiger charge is 2.38. The van der Waals surface area contributed by atoms with E-state index in [1.54, 1.807) is 6.20 Å². The van der Waals surface area contributed by atoms with Crippen molar-refractivity contribution in [2.75, 3.05) is 13.6 Å². The van der Waals surface area contributed by atoms with Crippen LogP contribution in [-0.4, -0.2) is 38.8 Å². The van der Waals surface area contributed by atoms with Crippen LogP contribution in [0.1, 0.15) is 16.7 Å². The maximum atomic E-state index is 11.7. The van der Waals surface area contributed by atoms with Crippen molar-refractivity contribution in [2.45, 2.75) is 12.1 Å². The third-order valence-corrected chi connectivity index (χ3v) is 5.39. The van der Waals surface area contributed by atoms with E-state index in [9.17, 15) is 5.11 Å². The van der Waals surface area contributed by atoms with Crippen molar-refractivity contribution in [3.8, 4) is 11.3 Å². The predicted octanol–water partition coefficient (Wildman–Crippen LogP) is 3.31. The minimum absolute atomic E-state index is 0.552. The van der Waals surface area contributed by atoms with Crippen molar-refractivity contribution in [1.29, 1.82) is 0 Å². The van der Waals surface area contributed by atoms with Crippen molar-refractivity contribution in [3.05, 3.63) is 83.7 Å². The molecule has 1 aliphatic heterocycles. The van der Waals surface area contributed by atoms with Gasteiger partial charge in [-0.1, -0.05) is 24.3 Å². The number of hydrogen-bond acceptors (Lipinski definition) is 4. The largest absolute Gasteiger partial charge is 0.379 e. The van der Waals surface area contributed by atoms with Crippen LogP contribution in [0.2, 0.25) is 0 Å². The zero-order valence-corrected chi connectivity index (χ0v) is 15.1. The van der Waals surface area contributed by atoms with Crippen LogP contribution in [0.25, 0.3) is 22.2 Å². The molecule has 0 saturated heterocycles. The fourth-order valence-corrected chi connectivity index (χ4v) is 4.12. The number of rotatable bonds is 2. The summed E-state index contributed by atoms with van der Waals surface area (Å²) in [4.78, 5) is 5.40. The number of fused-ring (bicyclic) bond motifs is 2. The lowest BCUT2D eigenvalue weighted by Gasteiger charge is -2.40. The average Bonchev–Trinajstić information content (AvgIpc) is 3.16. The van der Waals surface area contributed by atoms with Gasteiger partial charge in [-0.25, -0.2) is 0 Å². The Bertz CT molecular complexity index is 1120. The van der Waals surface area contributed by atoms with E-state index in [0.29, 0.717) is 6.54 Å². The van der Waals surface area contributed by atoms with E-state index in [1.165, 1.54) is 0 Å². The molecule has 1 atom stereocenters. The molecule has 5 heteroatoms. The topological polar surface area (TPSA) is 65.0 Å². The molecule has 2 aromatic carbocycles. The Kier molecular flexibility index (Phi) is 3.60. The van der Waals surface area contributed by atoms with Crippen LogP contribution in [0.15, 0.2) is 67.0 Å². The number of β-amino-alcohol motifs (C(OH)–C–C–N with tert-alkyl or cyclic N) is 1. The summed E-state index contributed by atoms with van der Waals surface area (Å²) in [5.74, 6) is 0. The third kappa shape index (κ3) is 2.63. The summed E-state index contributed by atoms with van der Waals surface area (Å²) in [7, 11) is 2.04. The second kappa shape index (κ2) is 6.01. The molecule has 5 rings (SSSR count). The summed E-state index contributed by atoms with van der Waals surface area (Å²) in [5.41, 5.74) is 4.80. The molecule has 0 aliphatic carbocycles. The van der Waals surface area contributed by atoms with E-state index in [-0.39, 0.29) is 0 Å². The van der Waals surface area contributed by atoms with Crippen molar-refractivity contribution in [1.82, 2.24) is 20.1 Å². The van der Waals surface area contributed by atoms with Gasteiger partial charge in [-0.05, 0) is 59.5 Å². The lowest BCUT2D eigenvalue weighted by atomic mass is 9.79. The Morgan fingerprint density at radius 1 is 1.11 bits per heavy atom. The third-order valence-electron chi connectivity index (χ3n) is 5.39. The Morgan fingerprint density at radius 3 is 2.89 bits per heavy atom. The number of aliphatic hydroxyl groups is 1. The Morgan fingerprint density at radius 2 is 2.04 bits per heavy atom. The minimum Gasteiger partial charge on any atom is -0.379 e. The Hall–Kier alpha value is -3.02. The van der Waals surface area contributed by atoms with Gasteiger partial charge in [-0.3, -0.25) is 4.90 Å². The molecule has 2 aromatic heterocycles. The van der Waals surface area contributed by atoms with E-state index >= 15 is 0 Å². The molecule has 1 aliphatic rings. The van der Waals surface area contributed by atoms with Gasteiger partial charge in [0.2, 0.25) is 0 Å². The molecule has 0 fully saturated rings. The van der Waals surface area contributed by atoms with Crippen molar-refractivity contribution < 1.29 is 5.11 Å². The highest BCUT2D eigenvalue weighted by Crippen LogP contribution is 2.39. The predicted molar refractivity (Wildman–Crippen MR) is 105 cm³/mol. The summed E-state index contributed by atoms with van der Waals surface area (Å²) in [6.45, 7) is 1.34. The highest BCUT2D eigenvalue weighted by molar-refractivity contribution is 5.80. The van der Waals surface area contributed by atoms with Gasteiger partial charge in [0.25, 0.3) is 0 Å². The minimum atomic E-state index is -1.05. The summed E-state index contributed by atoms with van der Waals surface area (Å²) in [6.07, 6.45) is 3.60. The molecule has 1 unspecified atom stereocenters. The van der Waals surface area contributed by atoms with Crippen LogP contribution in [-0.2, 0) is 12.1 Å². The summed E-state index contributed by atoms with van der Waals surface area (Å²) >= 11 is 0. The number of nitrogens with one attached hydrogen (secondary N) is 1. The fraction of sp³-hybridized carbons (Fsp3) is 0.182. The van der Waals surface area contributed by atoms with Gasteiger partial charge >= 0.3 is 0 Å². The van der Waals surface area contributed by atoms with Gasteiger partial charge in [0, 0.05) is 36.6 Å². The second-order valence-electron chi connectivity index (χ2n) is 7.29. The maximum absolute atomic E-state index is 11.7. The molecule has 5 nitrogen and oxygen atoms in total. The maximum Gasteiger partial charge on any atom is 0.128 e. The van der Waals surface area contributed by atoms with Gasteiger partial charge < -0.3 is 10.1 Å². The molecule has 0 saturated carbocycles. The van der Waals surface area contributed by atoms with E-state index in [1.807, 2.05) is 49.6 Å². The summed E-state index contributed by atoms with van der Waals surface area (Å²) < 4.78 is 0. The van der Waals surface area contributed by atoms with E-state index < -0.39 is 5.60 Å². The number of aromatic nitrogens is 3. The van der Waals surface area contributed by atoms with E-state index in [0.717, 1.165) is 45.4 Å². The zero-order valence-electron chi connectivity index (χ0n) is 15.1. The van der Waals surface area contributed by atoms with Gasteiger partial charge in [-0.2, -0.15) is 10.2 Å². The molecule has 0 spiro atoms. The first-order valence-electron chi connectivity index (χ1n) is 9.03. The molecule has 0 bridgehead atoms. The molecule has 0 radical (unpaired) electrons. The summed E-state index contributed by atoms with van der Waals surface area (Å²) in [6, 6.07) is 18.2. The first-order chi connectivity index (χ1) is 13.1. The molecular weight excluding hydrogens is 336 g/mol. The van der Waals surface area contributed by atoms with E-state index in [2.05, 4.69) is 38.3 Å². The smallest absolute Gasteiger partial charge is 0.128 e. The van der Waals surface area contributed by atoms with Gasteiger partial charge in [0.1, 0.15) is 5.60 Å². The van der Waals surface area contributed by atoms with Crippen LogP contribution >= 0.6 is 0 Å². The normalized spacial score (nSPS) is 19.9. The van der Waals surface area contributed by atoms with Crippen molar-refractivity contribution in [3.63, 3.8) is 0 Å². The van der Waals surface area contributed by atoms with Crippen LogP contribution in [0.4, 0.5) is 0 Å². The highest BCUT2D eigenvalue weighted by atomic mass is 16.3. The molecule has 0 amide bonds. The summed E-state index contributed by atoms with van der Waals surface area (Å²) in [5, 5.41) is 21.1. The number of H-pyrrole nitrogens is 1. The van der Waals surface area contributed by atoms with Crippen LogP contribution in [0.3, 0.4) is 0 Å². The van der Waals surface area contributed by atoms with Gasteiger partial charge in [-0.15, -0.1) is 0 Å². The van der Waals surface area contributed by atoms with Crippen molar-refractivity contribution >= 4 is 10.9 Å². The SMILES string of the molecule is CN1Cc2cc(-c3cccnn3)ccc2C(O)(c2ccc3cc[nH]c3c2)C1. The van der Waals surface area contributed by atoms with Crippen LogP contribution in [0, 0.1) is 0 Å². The first-order valence-corrected chi connectivity index (χ1v) is 9.03. The lowest BCUT2D eigenvalue weighted by molar-refractivity contribution is 0.0284. The molecule has 2 N–H and O–H groups in total. The van der Waals surface area contributed by atoms with E-state index in [4.69, 9.17) is 0 Å². The molecule has 4 aromatic rings. The standard InChI is InChI=1S/C22H20N4O/c1-26-13-17-11-16(20-3-2-9-24-25-20)5-7-19(17)22(27,14-26)18-6-4-15-8-10-23-21(15)12-18/h2-12,23,27H,13-14H2,1H3. The monoisotopic (exact) mass is 356 g/mol. The lowest BCUT2D eigenvalue weighted by Crippen LogP contribution is -2.44. The van der Waals surface area contributed by atoms with Crippen LogP contribution < -0.4 is 0 Å². The molecule has 3 heterocycles. The number of benzene rings is 2. The number of nitrogens with zero attached hydrogens (tertiary/aromatic N) is 3. The van der Waals surface area contributed by atoms with Gasteiger partial charge in [0.05, 0.1) is 5.69 Å². The number of aromatic amines is 1. The molecule has 27 heavy (non-hydrogen) atoms. The molecule has 134 valence electrons. The number of likely N-dealkylation sites (N-methyl/N-ethyl adjacent to an activating group) is 1. The fourth-order valence-electron chi connectivity index (χ4n) is 4.12. The van der Waals surface area contributed by atoms with Gasteiger partial charge in [0.15, 0.2) is 0 Å². The quantitative estimate of drug-likeness (QED) is 0.578. The second-order valence-corrected chi connectivity index (χ2v) is 7.29. The first kappa shape index (κ1) is 16.2. The van der Waals surface area contributed by atoms with Crippen LogP contribution in [0.5, 0.6) is 0 Å². The number of hydrogen-bond donors (Lipinski definition) is 2. The van der Waals surface area contributed by atoms with Crippen molar-refractivity contribution in [2.24, 2.45) is 0 Å². The Labute approximate surface area is 157 Å². The Balaban J connectivity index is 1.65. The molecular formula is C22H20N4O. The average molecular weight is 356 g/mol.